The minimum atomic E-state index is 0.123. The van der Waals surface area contributed by atoms with Gasteiger partial charge in [0.1, 0.15) is 5.75 Å². The fourth-order valence-corrected chi connectivity index (χ4v) is 3.18. The van der Waals surface area contributed by atoms with Crippen molar-refractivity contribution in [2.24, 2.45) is 11.7 Å². The Morgan fingerprint density at radius 2 is 2.11 bits per heavy atom. The highest BCUT2D eigenvalue weighted by molar-refractivity contribution is 5.89. The van der Waals surface area contributed by atoms with E-state index in [0.717, 1.165) is 16.7 Å². The zero-order valence-electron chi connectivity index (χ0n) is 10.8. The van der Waals surface area contributed by atoms with E-state index in [-0.39, 0.29) is 6.04 Å². The van der Waals surface area contributed by atoms with Gasteiger partial charge in [-0.2, -0.15) is 0 Å². The van der Waals surface area contributed by atoms with Crippen molar-refractivity contribution in [1.82, 2.24) is 4.98 Å². The molecule has 0 saturated heterocycles. The van der Waals surface area contributed by atoms with Crippen LogP contribution in [0.5, 0.6) is 5.75 Å². The van der Waals surface area contributed by atoms with Gasteiger partial charge >= 0.3 is 0 Å². The van der Waals surface area contributed by atoms with Crippen molar-refractivity contribution in [2.45, 2.75) is 31.7 Å². The van der Waals surface area contributed by atoms with Crippen molar-refractivity contribution in [1.29, 1.82) is 0 Å². The monoisotopic (exact) mass is 244 g/mol. The lowest BCUT2D eigenvalue weighted by Crippen LogP contribution is -2.18. The minimum Gasteiger partial charge on any atom is -0.496 e. The maximum absolute atomic E-state index is 6.46. The lowest BCUT2D eigenvalue weighted by molar-refractivity contribution is 0.417. The van der Waals surface area contributed by atoms with E-state index in [1.54, 1.807) is 7.11 Å². The number of nitrogens with two attached hydrogens (primary N) is 1. The number of aromatic nitrogens is 1. The summed E-state index contributed by atoms with van der Waals surface area (Å²) < 4.78 is 5.46. The zero-order chi connectivity index (χ0) is 12.5. The van der Waals surface area contributed by atoms with Crippen LogP contribution in [-0.4, -0.2) is 12.1 Å². The maximum atomic E-state index is 6.46. The third-order valence-corrected chi connectivity index (χ3v) is 4.18. The number of nitrogens with one attached hydrogen (secondary N) is 1. The van der Waals surface area contributed by atoms with Crippen molar-refractivity contribution >= 4 is 10.9 Å². The molecule has 3 rings (SSSR count). The van der Waals surface area contributed by atoms with Gasteiger partial charge in [0.15, 0.2) is 0 Å². The van der Waals surface area contributed by atoms with Crippen molar-refractivity contribution in [2.75, 3.05) is 7.11 Å². The van der Waals surface area contributed by atoms with Gasteiger partial charge in [-0.15, -0.1) is 0 Å². The number of H-pyrrole nitrogens is 1. The Morgan fingerprint density at radius 3 is 2.83 bits per heavy atom. The van der Waals surface area contributed by atoms with E-state index in [4.69, 9.17) is 10.5 Å². The molecule has 0 aliphatic heterocycles. The lowest BCUT2D eigenvalue weighted by atomic mass is 9.92. The van der Waals surface area contributed by atoms with Crippen molar-refractivity contribution < 1.29 is 4.74 Å². The summed E-state index contributed by atoms with van der Waals surface area (Å²) in [4.78, 5) is 3.31. The van der Waals surface area contributed by atoms with Crippen LogP contribution in [0.1, 0.15) is 37.3 Å². The van der Waals surface area contributed by atoms with Gasteiger partial charge in [0, 0.05) is 23.1 Å². The van der Waals surface area contributed by atoms with E-state index < -0.39 is 0 Å². The van der Waals surface area contributed by atoms with Crippen LogP contribution < -0.4 is 10.5 Å². The maximum Gasteiger partial charge on any atom is 0.128 e. The Morgan fingerprint density at radius 1 is 1.33 bits per heavy atom. The predicted molar refractivity (Wildman–Crippen MR) is 73.7 cm³/mol. The molecule has 1 aliphatic rings. The second kappa shape index (κ2) is 4.65. The molecule has 0 bridgehead atoms. The molecule has 1 heterocycles. The van der Waals surface area contributed by atoms with Crippen LogP contribution in [0.25, 0.3) is 10.9 Å². The molecule has 2 aromatic rings. The third kappa shape index (κ3) is 1.79. The van der Waals surface area contributed by atoms with Crippen molar-refractivity contribution in [3.63, 3.8) is 0 Å². The molecule has 1 unspecified atom stereocenters. The van der Waals surface area contributed by atoms with Gasteiger partial charge in [-0.05, 0) is 36.5 Å². The molecule has 0 spiro atoms. The first-order chi connectivity index (χ1) is 8.81. The molecule has 3 N–H and O–H groups in total. The highest BCUT2D eigenvalue weighted by atomic mass is 16.5. The number of rotatable bonds is 3. The van der Waals surface area contributed by atoms with Crippen LogP contribution in [0, 0.1) is 5.92 Å². The van der Waals surface area contributed by atoms with Gasteiger partial charge in [0.25, 0.3) is 0 Å². The Bertz CT molecular complexity index is 540. The Labute approximate surface area is 107 Å². The smallest absolute Gasteiger partial charge is 0.128 e. The first-order valence-corrected chi connectivity index (χ1v) is 6.71. The Hall–Kier alpha value is -1.48. The standard InChI is InChI=1S/C15H20N2O/c1-18-13-8-4-7-12-14(13)11(9-17-12)15(16)10-5-2-3-6-10/h4,7-10,15,17H,2-3,5-6,16H2,1H3. The quantitative estimate of drug-likeness (QED) is 0.869. The van der Waals surface area contributed by atoms with Crippen LogP contribution in [-0.2, 0) is 0 Å². The van der Waals surface area contributed by atoms with Crippen LogP contribution in [0.3, 0.4) is 0 Å². The van der Waals surface area contributed by atoms with Gasteiger partial charge in [0.05, 0.1) is 7.11 Å². The zero-order valence-corrected chi connectivity index (χ0v) is 10.8. The van der Waals surface area contributed by atoms with Crippen LogP contribution >= 0.6 is 0 Å². The topological polar surface area (TPSA) is 51.0 Å². The molecular formula is C15H20N2O. The highest BCUT2D eigenvalue weighted by Gasteiger charge is 2.26. The average molecular weight is 244 g/mol. The fourth-order valence-electron chi connectivity index (χ4n) is 3.18. The third-order valence-electron chi connectivity index (χ3n) is 4.18. The van der Waals surface area contributed by atoms with Crippen LogP contribution in [0.4, 0.5) is 0 Å². The molecule has 1 fully saturated rings. The molecular weight excluding hydrogens is 224 g/mol. The molecule has 1 aromatic heterocycles. The number of fused-ring (bicyclic) bond motifs is 1. The van der Waals surface area contributed by atoms with E-state index in [1.807, 2.05) is 12.1 Å². The number of aromatic amines is 1. The Kier molecular flexibility index (Phi) is 3.00. The van der Waals surface area contributed by atoms with Crippen LogP contribution in [0.15, 0.2) is 24.4 Å². The summed E-state index contributed by atoms with van der Waals surface area (Å²) in [6.07, 6.45) is 7.19. The number of benzene rings is 1. The van der Waals surface area contributed by atoms with E-state index in [2.05, 4.69) is 17.2 Å². The molecule has 3 nitrogen and oxygen atoms in total. The van der Waals surface area contributed by atoms with Crippen molar-refractivity contribution in [3.8, 4) is 5.75 Å². The summed E-state index contributed by atoms with van der Waals surface area (Å²) in [5, 5.41) is 1.15. The molecule has 1 saturated carbocycles. The molecule has 96 valence electrons. The lowest BCUT2D eigenvalue weighted by Gasteiger charge is -2.18. The van der Waals surface area contributed by atoms with Gasteiger partial charge in [0.2, 0.25) is 0 Å². The number of ether oxygens (including phenoxy) is 1. The molecule has 0 amide bonds. The molecule has 0 radical (unpaired) electrons. The molecule has 3 heteroatoms. The fraction of sp³-hybridized carbons (Fsp3) is 0.467. The van der Waals surface area contributed by atoms with Gasteiger partial charge in [-0.1, -0.05) is 18.9 Å². The second-order valence-electron chi connectivity index (χ2n) is 5.20. The summed E-state index contributed by atoms with van der Waals surface area (Å²) in [7, 11) is 1.71. The van der Waals surface area contributed by atoms with Crippen molar-refractivity contribution in [3.05, 3.63) is 30.0 Å². The van der Waals surface area contributed by atoms with E-state index in [9.17, 15) is 0 Å². The summed E-state index contributed by atoms with van der Waals surface area (Å²) in [6.45, 7) is 0. The SMILES string of the molecule is COc1cccc2[nH]cc(C(N)C3CCCC3)c12. The second-order valence-corrected chi connectivity index (χ2v) is 5.20. The van der Waals surface area contributed by atoms with Gasteiger partial charge in [-0.25, -0.2) is 0 Å². The molecule has 18 heavy (non-hydrogen) atoms. The summed E-state index contributed by atoms with van der Waals surface area (Å²) >= 11 is 0. The minimum absolute atomic E-state index is 0.123. The van der Waals surface area contributed by atoms with Crippen LogP contribution in [0.2, 0.25) is 0 Å². The first-order valence-electron chi connectivity index (χ1n) is 6.71. The van der Waals surface area contributed by atoms with E-state index >= 15 is 0 Å². The number of hydrogen-bond donors (Lipinski definition) is 2. The first kappa shape index (κ1) is 11.6. The number of hydrogen-bond acceptors (Lipinski definition) is 2. The van der Waals surface area contributed by atoms with E-state index in [0.29, 0.717) is 5.92 Å². The highest BCUT2D eigenvalue weighted by Crippen LogP contribution is 2.39. The van der Waals surface area contributed by atoms with E-state index in [1.165, 1.54) is 31.2 Å². The average Bonchev–Trinajstić information content (AvgIpc) is 3.06. The molecule has 1 aliphatic carbocycles. The number of methoxy groups -OCH3 is 1. The summed E-state index contributed by atoms with van der Waals surface area (Å²) in [5.74, 6) is 1.53. The Balaban J connectivity index is 2.05. The van der Waals surface area contributed by atoms with Gasteiger partial charge < -0.3 is 15.5 Å². The summed E-state index contributed by atoms with van der Waals surface area (Å²) in [6, 6.07) is 6.20. The largest absolute Gasteiger partial charge is 0.496 e. The molecule has 1 aromatic carbocycles. The molecule has 1 atom stereocenters. The normalized spacial score (nSPS) is 18.3. The summed E-state index contributed by atoms with van der Waals surface area (Å²) in [5.41, 5.74) is 8.77. The predicted octanol–water partition coefficient (Wildman–Crippen LogP) is 3.37. The van der Waals surface area contributed by atoms with Gasteiger partial charge in [-0.3, -0.25) is 0 Å².